The maximum atomic E-state index is 13.2. The third-order valence-electron chi connectivity index (χ3n) is 3.04. The van der Waals surface area contributed by atoms with E-state index in [0.717, 1.165) is 5.56 Å². The first kappa shape index (κ1) is 12.2. The van der Waals surface area contributed by atoms with Crippen molar-refractivity contribution in [1.82, 2.24) is 0 Å². The SMILES string of the molecule is CCC(O)(c1cc(C)cc(F)c1)C(C)C. The minimum absolute atomic E-state index is 0.0729. The molecule has 0 aliphatic heterocycles. The molecule has 1 aromatic rings. The molecule has 1 nitrogen and oxygen atoms in total. The van der Waals surface area contributed by atoms with Crippen molar-refractivity contribution in [3.05, 3.63) is 35.1 Å². The summed E-state index contributed by atoms with van der Waals surface area (Å²) in [5, 5.41) is 10.5. The molecule has 2 heteroatoms. The zero-order valence-electron chi connectivity index (χ0n) is 9.84. The van der Waals surface area contributed by atoms with Gasteiger partial charge in [-0.3, -0.25) is 0 Å². The fourth-order valence-electron chi connectivity index (χ4n) is 1.93. The summed E-state index contributed by atoms with van der Waals surface area (Å²) in [6.07, 6.45) is 0.591. The zero-order valence-corrected chi connectivity index (χ0v) is 9.84. The molecule has 1 N–H and O–H groups in total. The topological polar surface area (TPSA) is 20.2 Å². The minimum atomic E-state index is -0.924. The van der Waals surface area contributed by atoms with Crippen LogP contribution in [0.15, 0.2) is 18.2 Å². The number of hydrogen-bond acceptors (Lipinski definition) is 1. The average Bonchev–Trinajstić information content (AvgIpc) is 2.14. The molecular formula is C13H19FO. The minimum Gasteiger partial charge on any atom is -0.385 e. The molecule has 0 bridgehead atoms. The van der Waals surface area contributed by atoms with Gasteiger partial charge < -0.3 is 5.11 Å². The predicted molar refractivity (Wildman–Crippen MR) is 60.2 cm³/mol. The number of benzene rings is 1. The van der Waals surface area contributed by atoms with Gasteiger partial charge in [-0.05, 0) is 42.5 Å². The monoisotopic (exact) mass is 210 g/mol. The molecule has 1 rings (SSSR count). The highest BCUT2D eigenvalue weighted by molar-refractivity contribution is 5.28. The van der Waals surface area contributed by atoms with Crippen LogP contribution < -0.4 is 0 Å². The van der Waals surface area contributed by atoms with Crippen molar-refractivity contribution in [1.29, 1.82) is 0 Å². The van der Waals surface area contributed by atoms with E-state index >= 15 is 0 Å². The van der Waals surface area contributed by atoms with Gasteiger partial charge in [0.05, 0.1) is 5.60 Å². The summed E-state index contributed by atoms with van der Waals surface area (Å²) in [6, 6.07) is 4.75. The predicted octanol–water partition coefficient (Wildman–Crippen LogP) is 3.39. The summed E-state index contributed by atoms with van der Waals surface area (Å²) in [6.45, 7) is 7.65. The Balaban J connectivity index is 3.23. The number of halogens is 1. The number of hydrogen-bond donors (Lipinski definition) is 1. The van der Waals surface area contributed by atoms with Gasteiger partial charge in [0.1, 0.15) is 5.82 Å². The molecule has 0 saturated heterocycles. The van der Waals surface area contributed by atoms with Crippen molar-refractivity contribution in [3.63, 3.8) is 0 Å². The molecule has 0 aliphatic rings. The van der Waals surface area contributed by atoms with E-state index in [1.165, 1.54) is 12.1 Å². The van der Waals surface area contributed by atoms with Gasteiger partial charge >= 0.3 is 0 Å². The average molecular weight is 210 g/mol. The summed E-state index contributed by atoms with van der Waals surface area (Å²) in [5.41, 5.74) is 0.599. The van der Waals surface area contributed by atoms with Crippen LogP contribution in [-0.4, -0.2) is 5.11 Å². The van der Waals surface area contributed by atoms with Crippen LogP contribution >= 0.6 is 0 Å². The van der Waals surface area contributed by atoms with E-state index in [-0.39, 0.29) is 11.7 Å². The van der Waals surface area contributed by atoms with Crippen LogP contribution in [0.5, 0.6) is 0 Å². The molecule has 0 fully saturated rings. The van der Waals surface area contributed by atoms with Gasteiger partial charge in [0.2, 0.25) is 0 Å². The van der Waals surface area contributed by atoms with Crippen LogP contribution in [0.4, 0.5) is 4.39 Å². The molecule has 0 saturated carbocycles. The molecule has 0 heterocycles. The number of aliphatic hydroxyl groups is 1. The van der Waals surface area contributed by atoms with E-state index < -0.39 is 5.60 Å². The fourth-order valence-corrected chi connectivity index (χ4v) is 1.93. The van der Waals surface area contributed by atoms with Crippen molar-refractivity contribution in [2.75, 3.05) is 0 Å². The van der Waals surface area contributed by atoms with Gasteiger partial charge in [-0.15, -0.1) is 0 Å². The second kappa shape index (κ2) is 4.31. The van der Waals surface area contributed by atoms with Gasteiger partial charge in [0.15, 0.2) is 0 Å². The molecule has 1 aromatic carbocycles. The third kappa shape index (κ3) is 2.37. The van der Waals surface area contributed by atoms with Crippen LogP contribution in [0.1, 0.15) is 38.3 Å². The molecule has 84 valence electrons. The molecule has 15 heavy (non-hydrogen) atoms. The van der Waals surface area contributed by atoms with Crippen LogP contribution in [-0.2, 0) is 5.60 Å². The Morgan fingerprint density at radius 3 is 2.33 bits per heavy atom. The Morgan fingerprint density at radius 1 is 1.33 bits per heavy atom. The van der Waals surface area contributed by atoms with Gasteiger partial charge in [-0.25, -0.2) is 4.39 Å². The summed E-state index contributed by atoms with van der Waals surface area (Å²) >= 11 is 0. The van der Waals surface area contributed by atoms with Gasteiger partial charge in [-0.1, -0.05) is 26.8 Å². The van der Waals surface area contributed by atoms with Crippen LogP contribution in [0, 0.1) is 18.7 Å². The van der Waals surface area contributed by atoms with Crippen LogP contribution in [0.2, 0.25) is 0 Å². The lowest BCUT2D eigenvalue weighted by Crippen LogP contribution is -2.31. The molecule has 0 radical (unpaired) electrons. The highest BCUT2D eigenvalue weighted by Crippen LogP contribution is 2.33. The lowest BCUT2D eigenvalue weighted by Gasteiger charge is -2.32. The van der Waals surface area contributed by atoms with E-state index in [0.29, 0.717) is 12.0 Å². The van der Waals surface area contributed by atoms with Gasteiger partial charge in [0, 0.05) is 0 Å². The largest absolute Gasteiger partial charge is 0.385 e. The van der Waals surface area contributed by atoms with Crippen LogP contribution in [0.25, 0.3) is 0 Å². The summed E-state index contributed by atoms with van der Waals surface area (Å²) < 4.78 is 13.2. The van der Waals surface area contributed by atoms with Crippen molar-refractivity contribution in [3.8, 4) is 0 Å². The van der Waals surface area contributed by atoms with Crippen LogP contribution in [0.3, 0.4) is 0 Å². The summed E-state index contributed by atoms with van der Waals surface area (Å²) in [5.74, 6) is -0.207. The molecule has 0 spiro atoms. The Labute approximate surface area is 90.9 Å². The molecular weight excluding hydrogens is 191 g/mol. The molecule has 1 unspecified atom stereocenters. The zero-order chi connectivity index (χ0) is 11.6. The van der Waals surface area contributed by atoms with E-state index in [1.807, 2.05) is 33.8 Å². The van der Waals surface area contributed by atoms with E-state index in [1.54, 1.807) is 0 Å². The van der Waals surface area contributed by atoms with Crippen molar-refractivity contribution >= 4 is 0 Å². The lowest BCUT2D eigenvalue weighted by atomic mass is 9.81. The Morgan fingerprint density at radius 2 is 1.93 bits per heavy atom. The van der Waals surface area contributed by atoms with E-state index in [4.69, 9.17) is 0 Å². The Hall–Kier alpha value is -0.890. The first-order valence-corrected chi connectivity index (χ1v) is 5.40. The Kier molecular flexibility index (Phi) is 3.50. The maximum Gasteiger partial charge on any atom is 0.123 e. The first-order chi connectivity index (χ1) is 6.90. The normalized spacial score (nSPS) is 15.4. The van der Waals surface area contributed by atoms with Gasteiger partial charge in [-0.2, -0.15) is 0 Å². The number of aryl methyl sites for hydroxylation is 1. The van der Waals surface area contributed by atoms with Crippen molar-refractivity contribution < 1.29 is 9.50 Å². The van der Waals surface area contributed by atoms with E-state index in [2.05, 4.69) is 0 Å². The lowest BCUT2D eigenvalue weighted by molar-refractivity contribution is -0.0143. The first-order valence-electron chi connectivity index (χ1n) is 5.40. The standard InChI is InChI=1S/C13H19FO/c1-5-13(15,9(2)3)11-6-10(4)7-12(14)8-11/h6-9,15H,5H2,1-4H3. The second-order valence-electron chi connectivity index (χ2n) is 4.45. The summed E-state index contributed by atoms with van der Waals surface area (Å²) in [4.78, 5) is 0. The highest BCUT2D eigenvalue weighted by Gasteiger charge is 2.31. The van der Waals surface area contributed by atoms with Crippen molar-refractivity contribution in [2.24, 2.45) is 5.92 Å². The molecule has 0 amide bonds. The molecule has 1 atom stereocenters. The maximum absolute atomic E-state index is 13.2. The second-order valence-corrected chi connectivity index (χ2v) is 4.45. The molecule has 0 aromatic heterocycles. The van der Waals surface area contributed by atoms with Gasteiger partial charge in [0.25, 0.3) is 0 Å². The smallest absolute Gasteiger partial charge is 0.123 e. The van der Waals surface area contributed by atoms with E-state index in [9.17, 15) is 9.50 Å². The third-order valence-corrected chi connectivity index (χ3v) is 3.04. The molecule has 0 aliphatic carbocycles. The number of rotatable bonds is 3. The highest BCUT2D eigenvalue weighted by atomic mass is 19.1. The van der Waals surface area contributed by atoms with Crippen molar-refractivity contribution in [2.45, 2.75) is 39.7 Å². The summed E-state index contributed by atoms with van der Waals surface area (Å²) in [7, 11) is 0. The Bertz CT molecular complexity index is 326. The fraction of sp³-hybridized carbons (Fsp3) is 0.538. The quantitative estimate of drug-likeness (QED) is 0.810.